The summed E-state index contributed by atoms with van der Waals surface area (Å²) in [6, 6.07) is 7.76. The van der Waals surface area contributed by atoms with Gasteiger partial charge in [0.2, 0.25) is 0 Å². The summed E-state index contributed by atoms with van der Waals surface area (Å²) in [4.78, 5) is 19.8. The Hall–Kier alpha value is -1.61. The van der Waals surface area contributed by atoms with Gasteiger partial charge in [-0.05, 0) is 31.4 Å². The van der Waals surface area contributed by atoms with Crippen LogP contribution in [0.1, 0.15) is 68.3 Å². The highest BCUT2D eigenvalue weighted by Crippen LogP contribution is 2.27. The zero-order valence-electron chi connectivity index (χ0n) is 15.6. The zero-order chi connectivity index (χ0) is 18.2. The van der Waals surface area contributed by atoms with Gasteiger partial charge in [-0.25, -0.2) is 4.98 Å². The van der Waals surface area contributed by atoms with Crippen molar-refractivity contribution >= 4 is 28.4 Å². The van der Waals surface area contributed by atoms with Gasteiger partial charge in [0.25, 0.3) is 5.91 Å². The van der Waals surface area contributed by atoms with E-state index >= 15 is 0 Å². The van der Waals surface area contributed by atoms with Crippen LogP contribution >= 0.6 is 11.6 Å². The molecule has 0 aliphatic heterocycles. The van der Waals surface area contributed by atoms with Crippen LogP contribution in [0.25, 0.3) is 10.9 Å². The summed E-state index contributed by atoms with van der Waals surface area (Å²) in [6.45, 7) is 7.88. The summed E-state index contributed by atoms with van der Waals surface area (Å²) in [5.74, 6) is 0.0882. The molecule has 25 heavy (non-hydrogen) atoms. The number of benzene rings is 1. The molecule has 3 nitrogen and oxygen atoms in total. The van der Waals surface area contributed by atoms with Crippen molar-refractivity contribution in [3.05, 3.63) is 40.5 Å². The predicted octanol–water partition coefficient (Wildman–Crippen LogP) is 6.02. The van der Waals surface area contributed by atoms with E-state index in [1.165, 1.54) is 0 Å². The molecule has 0 fully saturated rings. The van der Waals surface area contributed by atoms with Gasteiger partial charge >= 0.3 is 0 Å². The summed E-state index contributed by atoms with van der Waals surface area (Å²) < 4.78 is 0. The quantitative estimate of drug-likeness (QED) is 0.404. The molecule has 0 radical (unpaired) electrons. The van der Waals surface area contributed by atoms with Gasteiger partial charge in [0, 0.05) is 18.5 Å². The van der Waals surface area contributed by atoms with Crippen LogP contribution in [0.2, 0.25) is 5.15 Å². The van der Waals surface area contributed by atoms with Gasteiger partial charge in [-0.3, -0.25) is 4.79 Å². The van der Waals surface area contributed by atoms with Crippen LogP contribution in [0.5, 0.6) is 0 Å². The number of para-hydroxylation sites is 1. The molecule has 0 saturated carbocycles. The van der Waals surface area contributed by atoms with Crippen LogP contribution in [-0.2, 0) is 0 Å². The molecule has 136 valence electrons. The van der Waals surface area contributed by atoms with Crippen LogP contribution in [0.4, 0.5) is 0 Å². The molecule has 0 unspecified atom stereocenters. The lowest BCUT2D eigenvalue weighted by atomic mass is 10.0. The summed E-state index contributed by atoms with van der Waals surface area (Å²) in [6.07, 6.45) is 6.69. The molecule has 0 saturated heterocycles. The third kappa shape index (κ3) is 4.94. The van der Waals surface area contributed by atoms with E-state index in [9.17, 15) is 4.79 Å². The molecule has 0 bridgehead atoms. The number of unbranched alkanes of at least 4 members (excludes halogenated alkanes) is 4. The lowest BCUT2D eigenvalue weighted by Crippen LogP contribution is -2.33. The smallest absolute Gasteiger partial charge is 0.254 e. The number of carbonyl (C=O) groups excluding carboxylic acids is 1. The lowest BCUT2D eigenvalue weighted by Gasteiger charge is -2.24. The van der Waals surface area contributed by atoms with Crippen molar-refractivity contribution in [3.63, 3.8) is 0 Å². The largest absolute Gasteiger partial charge is 0.339 e. The second kappa shape index (κ2) is 9.76. The molecule has 1 heterocycles. The maximum atomic E-state index is 13.4. The standard InChI is InChI=1S/C21H29ClN2O/c1-4-6-10-14-24(15-11-7-5-2)21(25)19-16(3)20(22)23-18-13-9-8-12-17(18)19/h8-9,12-13H,4-7,10-11,14-15H2,1-3H3. The van der Waals surface area contributed by atoms with Crippen molar-refractivity contribution in [3.8, 4) is 0 Å². The molecule has 0 atom stereocenters. The molecule has 0 spiro atoms. The fraction of sp³-hybridized carbons (Fsp3) is 0.524. The molecule has 1 aromatic heterocycles. The monoisotopic (exact) mass is 360 g/mol. The Balaban J connectivity index is 2.36. The number of aromatic nitrogens is 1. The maximum absolute atomic E-state index is 13.4. The molecule has 2 rings (SSSR count). The third-order valence-electron chi connectivity index (χ3n) is 4.64. The Bertz CT molecular complexity index is 704. The maximum Gasteiger partial charge on any atom is 0.254 e. The summed E-state index contributed by atoms with van der Waals surface area (Å²) in [7, 11) is 0. The van der Waals surface area contributed by atoms with E-state index in [0.717, 1.165) is 68.1 Å². The zero-order valence-corrected chi connectivity index (χ0v) is 16.4. The van der Waals surface area contributed by atoms with Crippen molar-refractivity contribution in [2.24, 2.45) is 0 Å². The second-order valence-corrected chi connectivity index (χ2v) is 6.98. The fourth-order valence-corrected chi connectivity index (χ4v) is 3.32. The summed E-state index contributed by atoms with van der Waals surface area (Å²) >= 11 is 6.31. The first-order valence-electron chi connectivity index (χ1n) is 9.44. The minimum Gasteiger partial charge on any atom is -0.339 e. The van der Waals surface area contributed by atoms with Crippen LogP contribution in [0, 0.1) is 6.92 Å². The second-order valence-electron chi connectivity index (χ2n) is 6.63. The van der Waals surface area contributed by atoms with E-state index < -0.39 is 0 Å². The molecule has 0 N–H and O–H groups in total. The van der Waals surface area contributed by atoms with Crippen molar-refractivity contribution < 1.29 is 4.79 Å². The third-order valence-corrected chi connectivity index (χ3v) is 5.01. The number of fused-ring (bicyclic) bond motifs is 1. The summed E-state index contributed by atoms with van der Waals surface area (Å²) in [5, 5.41) is 1.31. The number of amides is 1. The van der Waals surface area contributed by atoms with E-state index in [-0.39, 0.29) is 5.91 Å². The molecule has 4 heteroatoms. The Labute approximate surface area is 156 Å². The van der Waals surface area contributed by atoms with Gasteiger partial charge < -0.3 is 4.90 Å². The molecule has 0 aliphatic carbocycles. The van der Waals surface area contributed by atoms with Crippen LogP contribution in [0.15, 0.2) is 24.3 Å². The number of rotatable bonds is 9. The number of carbonyl (C=O) groups is 1. The van der Waals surface area contributed by atoms with E-state index in [0.29, 0.717) is 10.7 Å². The van der Waals surface area contributed by atoms with Crippen molar-refractivity contribution in [1.29, 1.82) is 0 Å². The van der Waals surface area contributed by atoms with Crippen LogP contribution in [-0.4, -0.2) is 28.9 Å². The van der Waals surface area contributed by atoms with Crippen molar-refractivity contribution in [2.75, 3.05) is 13.1 Å². The summed E-state index contributed by atoms with van der Waals surface area (Å²) in [5.41, 5.74) is 2.27. The lowest BCUT2D eigenvalue weighted by molar-refractivity contribution is 0.0751. The van der Waals surface area contributed by atoms with E-state index in [1.807, 2.05) is 36.1 Å². The number of nitrogens with zero attached hydrogens (tertiary/aromatic N) is 2. The highest BCUT2D eigenvalue weighted by molar-refractivity contribution is 6.31. The van der Waals surface area contributed by atoms with E-state index in [4.69, 9.17) is 11.6 Å². The highest BCUT2D eigenvalue weighted by Gasteiger charge is 2.22. The molecular formula is C21H29ClN2O. The van der Waals surface area contributed by atoms with E-state index in [2.05, 4.69) is 18.8 Å². The first kappa shape index (κ1) is 19.7. The van der Waals surface area contributed by atoms with Crippen LogP contribution < -0.4 is 0 Å². The molecular weight excluding hydrogens is 332 g/mol. The van der Waals surface area contributed by atoms with Crippen molar-refractivity contribution in [2.45, 2.75) is 59.3 Å². The number of hydrogen-bond donors (Lipinski definition) is 0. The molecule has 1 aromatic carbocycles. The Morgan fingerprint density at radius 3 is 2.24 bits per heavy atom. The average molecular weight is 361 g/mol. The molecule has 1 amide bonds. The average Bonchev–Trinajstić information content (AvgIpc) is 2.61. The number of hydrogen-bond acceptors (Lipinski definition) is 2. The minimum absolute atomic E-state index is 0.0882. The number of halogens is 1. The van der Waals surface area contributed by atoms with Gasteiger partial charge in [-0.15, -0.1) is 0 Å². The Morgan fingerprint density at radius 2 is 1.64 bits per heavy atom. The molecule has 0 aliphatic rings. The topological polar surface area (TPSA) is 33.2 Å². The minimum atomic E-state index is 0.0882. The first-order chi connectivity index (χ1) is 12.1. The predicted molar refractivity (Wildman–Crippen MR) is 106 cm³/mol. The normalized spacial score (nSPS) is 11.0. The Morgan fingerprint density at radius 1 is 1.04 bits per heavy atom. The Kier molecular flexibility index (Phi) is 7.70. The molecule has 2 aromatic rings. The van der Waals surface area contributed by atoms with Gasteiger partial charge in [-0.1, -0.05) is 69.3 Å². The van der Waals surface area contributed by atoms with Gasteiger partial charge in [0.15, 0.2) is 0 Å². The van der Waals surface area contributed by atoms with Crippen molar-refractivity contribution in [1.82, 2.24) is 9.88 Å². The van der Waals surface area contributed by atoms with Gasteiger partial charge in [0.1, 0.15) is 5.15 Å². The SMILES string of the molecule is CCCCCN(CCCCC)C(=O)c1c(C)c(Cl)nc2ccccc12. The first-order valence-corrected chi connectivity index (χ1v) is 9.82. The van der Waals surface area contributed by atoms with Gasteiger partial charge in [-0.2, -0.15) is 0 Å². The fourth-order valence-electron chi connectivity index (χ4n) is 3.13. The highest BCUT2D eigenvalue weighted by atomic mass is 35.5. The van der Waals surface area contributed by atoms with Gasteiger partial charge in [0.05, 0.1) is 11.1 Å². The van der Waals surface area contributed by atoms with Crippen LogP contribution in [0.3, 0.4) is 0 Å². The van der Waals surface area contributed by atoms with E-state index in [1.54, 1.807) is 0 Å². The number of pyridine rings is 1.